The molecule has 3 aliphatic heterocycles. The van der Waals surface area contributed by atoms with Crippen LogP contribution in [0.25, 0.3) is 6.08 Å². The molecule has 0 aromatic heterocycles. The second kappa shape index (κ2) is 7.27. The first kappa shape index (κ1) is 19.7. The van der Waals surface area contributed by atoms with E-state index in [2.05, 4.69) is 0 Å². The lowest BCUT2D eigenvalue weighted by Crippen LogP contribution is -2.48. The molecule has 0 unspecified atom stereocenters. The van der Waals surface area contributed by atoms with E-state index in [-0.39, 0.29) is 23.6 Å². The largest absolute Gasteiger partial charge is 0.352 e. The molecule has 0 radical (unpaired) electrons. The number of Topliss-reactive ketones (excluding diaryl/α,β-unsaturated/α-hetero) is 1. The lowest BCUT2D eigenvalue weighted by Gasteiger charge is -2.36. The number of ketones is 1. The maximum Gasteiger partial charge on any atom is 0.240 e. The van der Waals surface area contributed by atoms with Crippen molar-refractivity contribution >= 4 is 35.0 Å². The van der Waals surface area contributed by atoms with E-state index in [1.165, 1.54) is 4.90 Å². The normalized spacial score (nSPS) is 25.1. The summed E-state index contributed by atoms with van der Waals surface area (Å²) in [6.07, 6.45) is 3.97. The molecule has 33 heavy (non-hydrogen) atoms. The number of fused-ring (bicyclic) bond motifs is 5. The predicted octanol–water partition coefficient (Wildman–Crippen LogP) is 4.27. The highest BCUT2D eigenvalue weighted by Crippen LogP contribution is 2.49. The number of hydrogen-bond donors (Lipinski definition) is 0. The number of carbonyl (C=O) groups is 3. The molecule has 2 amide bonds. The first-order chi connectivity index (χ1) is 16.1. The number of amides is 2. The quantitative estimate of drug-likeness (QED) is 0.456. The topological polar surface area (TPSA) is 57.7 Å². The third-order valence-corrected chi connectivity index (χ3v) is 7.03. The number of anilines is 2. The number of hydrogen-bond acceptors (Lipinski definition) is 4. The summed E-state index contributed by atoms with van der Waals surface area (Å²) in [4.78, 5) is 44.6. The summed E-state index contributed by atoms with van der Waals surface area (Å²) in [6, 6.07) is 23.1. The van der Waals surface area contributed by atoms with Crippen molar-refractivity contribution in [3.8, 4) is 0 Å². The molecule has 0 spiro atoms. The molecule has 6 rings (SSSR count). The Bertz CT molecular complexity index is 1310. The highest BCUT2D eigenvalue weighted by Gasteiger charge is 2.64. The molecule has 0 bridgehead atoms. The van der Waals surface area contributed by atoms with Crippen molar-refractivity contribution in [1.82, 2.24) is 0 Å². The molecule has 0 N–H and O–H groups in total. The predicted molar refractivity (Wildman–Crippen MR) is 127 cm³/mol. The molecule has 4 atom stereocenters. The lowest BCUT2D eigenvalue weighted by molar-refractivity contribution is -0.122. The van der Waals surface area contributed by atoms with Gasteiger partial charge in [-0.2, -0.15) is 0 Å². The van der Waals surface area contributed by atoms with Crippen LogP contribution in [-0.2, 0) is 9.59 Å². The van der Waals surface area contributed by atoms with Crippen molar-refractivity contribution in [3.63, 3.8) is 0 Å². The molecular weight excluding hydrogens is 412 g/mol. The summed E-state index contributed by atoms with van der Waals surface area (Å²) in [5.41, 5.74) is 4.02. The number of benzene rings is 3. The molecule has 3 heterocycles. The van der Waals surface area contributed by atoms with E-state index in [1.807, 2.05) is 78.6 Å². The summed E-state index contributed by atoms with van der Waals surface area (Å²) in [7, 11) is 0. The van der Waals surface area contributed by atoms with Crippen molar-refractivity contribution in [1.29, 1.82) is 0 Å². The molecule has 3 aromatic rings. The van der Waals surface area contributed by atoms with Crippen molar-refractivity contribution in [2.24, 2.45) is 11.8 Å². The fraction of sp³-hybridized carbons (Fsp3) is 0.179. The minimum Gasteiger partial charge on any atom is -0.352 e. The fourth-order valence-corrected chi connectivity index (χ4v) is 5.54. The molecule has 0 saturated carbocycles. The Morgan fingerprint density at radius 2 is 1.45 bits per heavy atom. The van der Waals surface area contributed by atoms with E-state index in [1.54, 1.807) is 24.3 Å². The molecule has 3 aromatic carbocycles. The van der Waals surface area contributed by atoms with Gasteiger partial charge in [0.15, 0.2) is 5.78 Å². The van der Waals surface area contributed by atoms with Gasteiger partial charge in [-0.25, -0.2) is 4.90 Å². The molecule has 5 nitrogen and oxygen atoms in total. The fourth-order valence-electron chi connectivity index (χ4n) is 5.54. The summed E-state index contributed by atoms with van der Waals surface area (Å²) in [6.45, 7) is 1.96. The third kappa shape index (κ3) is 2.82. The molecule has 2 fully saturated rings. The molecule has 2 saturated heterocycles. The van der Waals surface area contributed by atoms with Crippen LogP contribution in [0.15, 0.2) is 84.9 Å². The van der Waals surface area contributed by atoms with Crippen LogP contribution in [0.4, 0.5) is 11.4 Å². The zero-order chi connectivity index (χ0) is 22.7. The van der Waals surface area contributed by atoms with E-state index in [0.717, 1.165) is 16.8 Å². The zero-order valence-electron chi connectivity index (χ0n) is 18.1. The van der Waals surface area contributed by atoms with E-state index in [0.29, 0.717) is 11.3 Å². The van der Waals surface area contributed by atoms with Crippen LogP contribution in [0.5, 0.6) is 0 Å². The smallest absolute Gasteiger partial charge is 0.240 e. The minimum atomic E-state index is -0.750. The molecule has 3 aliphatic rings. The Labute approximate surface area is 191 Å². The molecule has 5 heteroatoms. The van der Waals surface area contributed by atoms with Gasteiger partial charge in [-0.05, 0) is 30.7 Å². The first-order valence-corrected chi connectivity index (χ1v) is 11.2. The van der Waals surface area contributed by atoms with Gasteiger partial charge in [0, 0.05) is 11.3 Å². The third-order valence-electron chi connectivity index (χ3n) is 7.03. The Hall–Kier alpha value is -3.99. The van der Waals surface area contributed by atoms with Gasteiger partial charge in [0.25, 0.3) is 0 Å². The van der Waals surface area contributed by atoms with Crippen molar-refractivity contribution in [2.75, 3.05) is 9.80 Å². The Kier molecular flexibility index (Phi) is 4.34. The second-order valence-corrected chi connectivity index (χ2v) is 8.89. The highest BCUT2D eigenvalue weighted by atomic mass is 16.2. The average Bonchev–Trinajstić information content (AvgIpc) is 3.33. The highest BCUT2D eigenvalue weighted by molar-refractivity contribution is 6.25. The maximum atomic E-state index is 13.8. The van der Waals surface area contributed by atoms with Crippen LogP contribution in [0, 0.1) is 18.8 Å². The van der Waals surface area contributed by atoms with Crippen molar-refractivity contribution in [2.45, 2.75) is 19.0 Å². The van der Waals surface area contributed by atoms with Gasteiger partial charge in [-0.1, -0.05) is 78.4 Å². The summed E-state index contributed by atoms with van der Waals surface area (Å²) in [5.74, 6) is -2.03. The summed E-state index contributed by atoms with van der Waals surface area (Å²) in [5, 5.41) is 0. The number of para-hydroxylation sites is 1. The Balaban J connectivity index is 1.50. The van der Waals surface area contributed by atoms with Gasteiger partial charge in [0.1, 0.15) is 6.04 Å². The molecule has 162 valence electrons. The number of aryl methyl sites for hydroxylation is 1. The van der Waals surface area contributed by atoms with Crippen LogP contribution in [0.1, 0.15) is 21.5 Å². The number of imide groups is 1. The van der Waals surface area contributed by atoms with Gasteiger partial charge >= 0.3 is 0 Å². The zero-order valence-corrected chi connectivity index (χ0v) is 18.1. The monoisotopic (exact) mass is 434 g/mol. The summed E-state index contributed by atoms with van der Waals surface area (Å²) < 4.78 is 0. The van der Waals surface area contributed by atoms with Gasteiger partial charge in [0.2, 0.25) is 11.8 Å². The first-order valence-electron chi connectivity index (χ1n) is 11.2. The van der Waals surface area contributed by atoms with Gasteiger partial charge in [0.05, 0.1) is 23.6 Å². The van der Waals surface area contributed by atoms with E-state index in [9.17, 15) is 14.4 Å². The van der Waals surface area contributed by atoms with Gasteiger partial charge < -0.3 is 4.90 Å². The lowest BCUT2D eigenvalue weighted by atomic mass is 9.86. The van der Waals surface area contributed by atoms with Crippen LogP contribution >= 0.6 is 0 Å². The number of carbonyl (C=O) groups excluding carboxylic acids is 3. The van der Waals surface area contributed by atoms with Crippen LogP contribution in [0.2, 0.25) is 0 Å². The number of rotatable bonds is 3. The minimum absolute atomic E-state index is 0.134. The van der Waals surface area contributed by atoms with Crippen molar-refractivity contribution < 1.29 is 14.4 Å². The Morgan fingerprint density at radius 1 is 0.788 bits per heavy atom. The van der Waals surface area contributed by atoms with Crippen LogP contribution < -0.4 is 9.80 Å². The molecular formula is C28H22N2O3. The van der Waals surface area contributed by atoms with Gasteiger partial charge in [-0.15, -0.1) is 0 Å². The number of nitrogens with zero attached hydrogens (tertiary/aromatic N) is 2. The van der Waals surface area contributed by atoms with E-state index in [4.69, 9.17) is 0 Å². The Morgan fingerprint density at radius 3 is 2.21 bits per heavy atom. The average molecular weight is 434 g/mol. The van der Waals surface area contributed by atoms with Crippen LogP contribution in [-0.4, -0.2) is 29.7 Å². The maximum absolute atomic E-state index is 13.8. The van der Waals surface area contributed by atoms with E-state index < -0.39 is 17.9 Å². The van der Waals surface area contributed by atoms with Crippen molar-refractivity contribution in [3.05, 3.63) is 102 Å². The molecule has 0 aliphatic carbocycles. The second-order valence-electron chi connectivity index (χ2n) is 8.89. The summed E-state index contributed by atoms with van der Waals surface area (Å²) >= 11 is 0. The van der Waals surface area contributed by atoms with Crippen LogP contribution in [0.3, 0.4) is 0 Å². The van der Waals surface area contributed by atoms with Gasteiger partial charge in [-0.3, -0.25) is 14.4 Å². The standard InChI is InChI=1S/C28H22N2O3/c1-17-11-14-20(15-12-17)29-27(32)23-22-16-13-18-7-5-6-10-21(18)30(22)25(24(23)28(29)33)26(31)19-8-3-2-4-9-19/h2-16,22-25H,1H3/t22-,23-,24-,25+/m1/s1. The van der Waals surface area contributed by atoms with E-state index >= 15 is 0 Å². The SMILES string of the molecule is Cc1ccc(N2C(=O)[C@@H]3[C@H](C2=O)[C@H]2C=Cc4ccccc4N2[C@@H]3C(=O)c2ccccc2)cc1.